The molecule has 0 bridgehead atoms. The Bertz CT molecular complexity index is 1330. The molecule has 0 radical (unpaired) electrons. The van der Waals surface area contributed by atoms with Crippen molar-refractivity contribution in [3.8, 4) is 11.5 Å². The number of halogens is 2. The summed E-state index contributed by atoms with van der Waals surface area (Å²) >= 11 is 12.1. The highest BCUT2D eigenvalue weighted by Gasteiger charge is 2.27. The van der Waals surface area contributed by atoms with Crippen molar-refractivity contribution in [2.24, 2.45) is 0 Å². The van der Waals surface area contributed by atoms with E-state index in [1.165, 1.54) is 44.7 Å². The van der Waals surface area contributed by atoms with Crippen molar-refractivity contribution in [3.05, 3.63) is 79.8 Å². The number of aromatic nitrogens is 2. The van der Waals surface area contributed by atoms with E-state index in [1.54, 1.807) is 12.1 Å². The van der Waals surface area contributed by atoms with Crippen molar-refractivity contribution in [1.82, 2.24) is 15.3 Å². The van der Waals surface area contributed by atoms with Gasteiger partial charge >= 0.3 is 11.7 Å². The summed E-state index contributed by atoms with van der Waals surface area (Å²) in [5, 5.41) is 14.7. The molecule has 4 N–H and O–H groups in total. The first-order valence-corrected chi connectivity index (χ1v) is 11.0. The normalized spacial score (nSPS) is 11.3. The molecule has 1 unspecified atom stereocenters. The zero-order chi connectivity index (χ0) is 26.4. The summed E-state index contributed by atoms with van der Waals surface area (Å²) in [5.74, 6) is -2.80. The number of ether oxygens (including phenoxy) is 2. The third-order valence-electron chi connectivity index (χ3n) is 4.99. The van der Waals surface area contributed by atoms with E-state index in [4.69, 9.17) is 32.7 Å². The first kappa shape index (κ1) is 26.5. The fraction of sp³-hybridized carbons (Fsp3) is 0.174. The fourth-order valence-corrected chi connectivity index (χ4v) is 3.87. The minimum Gasteiger partial charge on any atom is -0.496 e. The number of carboxylic acids is 1. The molecule has 1 aromatic heterocycles. The summed E-state index contributed by atoms with van der Waals surface area (Å²) in [4.78, 5) is 55.7. The van der Waals surface area contributed by atoms with Gasteiger partial charge in [0.1, 0.15) is 28.9 Å². The molecule has 0 aliphatic carbocycles. The van der Waals surface area contributed by atoms with Crippen LogP contribution in [0.3, 0.4) is 0 Å². The Kier molecular flexibility index (Phi) is 8.51. The number of aliphatic carboxylic acids is 1. The van der Waals surface area contributed by atoms with Crippen molar-refractivity contribution < 1.29 is 29.0 Å². The number of hydrogen-bond acceptors (Lipinski definition) is 7. The molecule has 188 valence electrons. The Morgan fingerprint density at radius 1 is 1.00 bits per heavy atom. The van der Waals surface area contributed by atoms with Crippen molar-refractivity contribution in [3.63, 3.8) is 0 Å². The predicted molar refractivity (Wildman–Crippen MR) is 131 cm³/mol. The highest BCUT2D eigenvalue weighted by Crippen LogP contribution is 2.29. The lowest BCUT2D eigenvalue weighted by molar-refractivity contribution is -0.139. The van der Waals surface area contributed by atoms with Gasteiger partial charge in [-0.3, -0.25) is 9.59 Å². The number of rotatable bonds is 9. The maximum atomic E-state index is 13.0. The van der Waals surface area contributed by atoms with Crippen molar-refractivity contribution in [2.45, 2.75) is 12.5 Å². The first-order chi connectivity index (χ1) is 17.2. The number of benzene rings is 2. The number of nitrogens with zero attached hydrogens (tertiary/aromatic N) is 1. The van der Waals surface area contributed by atoms with Crippen LogP contribution < -0.4 is 25.8 Å². The Labute approximate surface area is 214 Å². The maximum absolute atomic E-state index is 13.0. The van der Waals surface area contributed by atoms with E-state index in [0.29, 0.717) is 0 Å². The fourth-order valence-electron chi connectivity index (χ4n) is 3.30. The number of H-pyrrole nitrogens is 1. The lowest BCUT2D eigenvalue weighted by Gasteiger charge is -2.18. The molecule has 11 nitrogen and oxygen atoms in total. The second-order valence-corrected chi connectivity index (χ2v) is 8.05. The van der Waals surface area contributed by atoms with E-state index < -0.39 is 29.5 Å². The third kappa shape index (κ3) is 5.93. The Hall–Kier alpha value is -4.09. The van der Waals surface area contributed by atoms with Gasteiger partial charge in [0.05, 0.1) is 29.8 Å². The van der Waals surface area contributed by atoms with Crippen LogP contribution in [0.5, 0.6) is 11.5 Å². The van der Waals surface area contributed by atoms with E-state index in [-0.39, 0.29) is 50.5 Å². The van der Waals surface area contributed by atoms with Gasteiger partial charge in [-0.05, 0) is 24.3 Å². The van der Waals surface area contributed by atoms with Crippen molar-refractivity contribution in [2.75, 3.05) is 19.5 Å². The maximum Gasteiger partial charge on any atom is 0.346 e. The molecular formula is C23H20Cl2N4O7. The van der Waals surface area contributed by atoms with Crippen LogP contribution in [0.4, 0.5) is 5.82 Å². The molecule has 13 heteroatoms. The highest BCUT2D eigenvalue weighted by atomic mass is 35.5. The number of nitrogens with one attached hydrogen (secondary N) is 3. The highest BCUT2D eigenvalue weighted by molar-refractivity contribution is 6.40. The van der Waals surface area contributed by atoms with E-state index in [1.807, 2.05) is 0 Å². The summed E-state index contributed by atoms with van der Waals surface area (Å²) in [6.07, 6.45) is 0.832. The summed E-state index contributed by atoms with van der Waals surface area (Å²) in [7, 11) is 2.71. The molecule has 2 aromatic carbocycles. The molecule has 1 atom stereocenters. The quantitative estimate of drug-likeness (QED) is 0.326. The largest absolute Gasteiger partial charge is 0.496 e. The zero-order valence-corrected chi connectivity index (χ0v) is 20.4. The number of methoxy groups -OCH3 is 2. The second kappa shape index (κ2) is 11.6. The molecule has 2 amide bonds. The van der Waals surface area contributed by atoms with Gasteiger partial charge in [0, 0.05) is 18.2 Å². The summed E-state index contributed by atoms with van der Waals surface area (Å²) in [5.41, 5.74) is -0.741. The molecule has 0 aliphatic rings. The monoisotopic (exact) mass is 534 g/mol. The van der Waals surface area contributed by atoms with Crippen LogP contribution in [0, 0.1) is 0 Å². The molecule has 0 saturated carbocycles. The molecule has 0 spiro atoms. The average molecular weight is 535 g/mol. The predicted octanol–water partition coefficient (Wildman–Crippen LogP) is 2.77. The SMILES string of the molecule is COc1cccc(OC)c1C(=O)NC(Cc1c[nH]c(=O)nc1NC(=O)c1c(Cl)cccc1Cl)C(=O)O. The van der Waals surface area contributed by atoms with E-state index in [0.717, 1.165) is 0 Å². The van der Waals surface area contributed by atoms with Gasteiger partial charge in [0.2, 0.25) is 0 Å². The van der Waals surface area contributed by atoms with Gasteiger partial charge in [-0.25, -0.2) is 9.59 Å². The molecule has 3 rings (SSSR count). The first-order valence-electron chi connectivity index (χ1n) is 10.2. The smallest absolute Gasteiger partial charge is 0.346 e. The standard InChI is InChI=1S/C23H20Cl2N4O7/c1-35-15-7-4-8-16(36-2)18(15)21(31)27-14(22(32)33)9-11-10-26-23(34)29-19(11)28-20(30)17-12(24)5-3-6-13(17)25/h3-8,10,14H,9H2,1-2H3,(H,27,31)(H,32,33)(H2,26,28,29,30,34). The van der Waals surface area contributed by atoms with E-state index in [2.05, 4.69) is 20.6 Å². The number of aromatic amines is 1. The molecule has 0 saturated heterocycles. The number of hydrogen-bond donors (Lipinski definition) is 4. The van der Waals surface area contributed by atoms with Crippen LogP contribution >= 0.6 is 23.2 Å². The van der Waals surface area contributed by atoms with Crippen molar-refractivity contribution in [1.29, 1.82) is 0 Å². The minimum atomic E-state index is -1.49. The van der Waals surface area contributed by atoms with Crippen LogP contribution in [-0.4, -0.2) is 53.1 Å². The number of carboxylic acid groups (broad SMARTS) is 1. The van der Waals surface area contributed by atoms with Crippen molar-refractivity contribution >= 4 is 46.8 Å². The number of carbonyl (C=O) groups is 3. The van der Waals surface area contributed by atoms with Gasteiger partial charge in [0.15, 0.2) is 0 Å². The van der Waals surface area contributed by atoms with Crippen LogP contribution in [0.1, 0.15) is 26.3 Å². The molecule has 3 aromatic rings. The van der Waals surface area contributed by atoms with Crippen LogP contribution in [0.2, 0.25) is 10.0 Å². The van der Waals surface area contributed by atoms with Gasteiger partial charge in [0.25, 0.3) is 11.8 Å². The summed E-state index contributed by atoms with van der Waals surface area (Å²) < 4.78 is 10.4. The summed E-state index contributed by atoms with van der Waals surface area (Å²) in [6, 6.07) is 7.62. The van der Waals surface area contributed by atoms with Crippen LogP contribution in [0.15, 0.2) is 47.4 Å². The Morgan fingerprint density at radius 2 is 1.58 bits per heavy atom. The number of anilines is 1. The topological polar surface area (TPSA) is 160 Å². The Morgan fingerprint density at radius 3 is 2.14 bits per heavy atom. The molecule has 0 fully saturated rings. The van der Waals surface area contributed by atoms with E-state index in [9.17, 15) is 24.3 Å². The van der Waals surface area contributed by atoms with Gasteiger partial charge < -0.3 is 30.2 Å². The zero-order valence-electron chi connectivity index (χ0n) is 18.9. The molecule has 0 aliphatic heterocycles. The van der Waals surface area contributed by atoms with Crippen LogP contribution in [0.25, 0.3) is 0 Å². The van der Waals surface area contributed by atoms with Crippen LogP contribution in [-0.2, 0) is 11.2 Å². The third-order valence-corrected chi connectivity index (χ3v) is 5.62. The minimum absolute atomic E-state index is 0.00442. The van der Waals surface area contributed by atoms with E-state index >= 15 is 0 Å². The average Bonchev–Trinajstić information content (AvgIpc) is 2.84. The van der Waals surface area contributed by atoms with Gasteiger partial charge in [-0.15, -0.1) is 0 Å². The summed E-state index contributed by atoms with van der Waals surface area (Å²) in [6.45, 7) is 0. The molecular weight excluding hydrogens is 515 g/mol. The lowest BCUT2D eigenvalue weighted by Crippen LogP contribution is -2.43. The Balaban J connectivity index is 1.90. The van der Waals surface area contributed by atoms with Gasteiger partial charge in [-0.1, -0.05) is 35.3 Å². The molecule has 1 heterocycles. The lowest BCUT2D eigenvalue weighted by atomic mass is 10.1. The van der Waals surface area contributed by atoms with Gasteiger partial charge in [-0.2, -0.15) is 4.98 Å². The molecule has 36 heavy (non-hydrogen) atoms. The number of amides is 2. The number of carbonyl (C=O) groups excluding carboxylic acids is 2. The second-order valence-electron chi connectivity index (χ2n) is 7.24.